The molecule has 0 bridgehead atoms. The molecule has 0 saturated carbocycles. The van der Waals surface area contributed by atoms with E-state index in [1.807, 2.05) is 0 Å². The number of primary amides is 1. The number of aromatic amines is 1. The van der Waals surface area contributed by atoms with E-state index in [0.717, 1.165) is 0 Å². The van der Waals surface area contributed by atoms with Gasteiger partial charge in [-0.25, -0.2) is 5.10 Å². The van der Waals surface area contributed by atoms with Gasteiger partial charge in [-0.05, 0) is 6.07 Å². The van der Waals surface area contributed by atoms with Crippen molar-refractivity contribution in [2.24, 2.45) is 5.73 Å². The summed E-state index contributed by atoms with van der Waals surface area (Å²) in [4.78, 5) is 21.0. The van der Waals surface area contributed by atoms with E-state index < -0.39 is 11.5 Å². The third-order valence-electron chi connectivity index (χ3n) is 0.992. The molecule has 1 aromatic rings. The Bertz CT molecular complexity index is 304. The molecule has 0 aromatic carbocycles. The molecule has 0 aliphatic carbocycles. The van der Waals surface area contributed by atoms with Gasteiger partial charge in [0.1, 0.15) is 5.56 Å². The standard InChI is InChI=1S/C5H5N3O2/c6-4(9)3-1-2-7-8-5(3)10/h1-2H,(H2,6,9)(H,8,10). The molecule has 0 fully saturated rings. The summed E-state index contributed by atoms with van der Waals surface area (Å²) in [5.41, 5.74) is 4.19. The number of carbonyl (C=O) groups excluding carboxylic acids is 1. The van der Waals surface area contributed by atoms with E-state index in [1.165, 1.54) is 12.3 Å². The highest BCUT2D eigenvalue weighted by Gasteiger charge is 2.02. The van der Waals surface area contributed by atoms with Gasteiger partial charge in [-0.15, -0.1) is 0 Å². The van der Waals surface area contributed by atoms with Crippen LogP contribution in [0.1, 0.15) is 10.4 Å². The van der Waals surface area contributed by atoms with Crippen molar-refractivity contribution in [3.63, 3.8) is 0 Å². The number of hydrogen-bond donors (Lipinski definition) is 2. The third-order valence-corrected chi connectivity index (χ3v) is 0.992. The van der Waals surface area contributed by atoms with Gasteiger partial charge in [0.25, 0.3) is 11.5 Å². The minimum atomic E-state index is -0.747. The first-order valence-electron chi connectivity index (χ1n) is 2.55. The lowest BCUT2D eigenvalue weighted by atomic mass is 10.3. The maximum atomic E-state index is 10.6. The highest BCUT2D eigenvalue weighted by atomic mass is 16.2. The highest BCUT2D eigenvalue weighted by Crippen LogP contribution is 1.82. The van der Waals surface area contributed by atoms with Crippen molar-refractivity contribution >= 4 is 5.91 Å². The van der Waals surface area contributed by atoms with Crippen LogP contribution in [0.3, 0.4) is 0 Å². The molecule has 52 valence electrons. The third kappa shape index (κ3) is 1.02. The molecule has 1 amide bonds. The van der Waals surface area contributed by atoms with Crippen molar-refractivity contribution in [1.29, 1.82) is 0 Å². The fourth-order valence-electron chi connectivity index (χ4n) is 0.538. The van der Waals surface area contributed by atoms with E-state index in [2.05, 4.69) is 10.2 Å². The Balaban J connectivity index is 3.29. The Kier molecular flexibility index (Phi) is 1.49. The molecule has 1 heterocycles. The van der Waals surface area contributed by atoms with Crippen LogP contribution in [0.25, 0.3) is 0 Å². The quantitative estimate of drug-likeness (QED) is 0.515. The van der Waals surface area contributed by atoms with Crippen LogP contribution in [-0.4, -0.2) is 16.1 Å². The summed E-state index contributed by atoms with van der Waals surface area (Å²) >= 11 is 0. The fraction of sp³-hybridized carbons (Fsp3) is 0. The summed E-state index contributed by atoms with van der Waals surface area (Å²) in [7, 11) is 0. The molecule has 1 rings (SSSR count). The Labute approximate surface area is 55.9 Å². The first kappa shape index (κ1) is 6.47. The molecule has 0 aliphatic heterocycles. The first-order valence-corrected chi connectivity index (χ1v) is 2.55. The van der Waals surface area contributed by atoms with Crippen LogP contribution in [0.4, 0.5) is 0 Å². The molecular weight excluding hydrogens is 134 g/mol. The predicted octanol–water partition coefficient (Wildman–Crippen LogP) is -1.13. The lowest BCUT2D eigenvalue weighted by Crippen LogP contribution is -2.23. The van der Waals surface area contributed by atoms with Crippen molar-refractivity contribution in [3.8, 4) is 0 Å². The van der Waals surface area contributed by atoms with Crippen molar-refractivity contribution in [1.82, 2.24) is 10.2 Å². The monoisotopic (exact) mass is 139 g/mol. The van der Waals surface area contributed by atoms with Gasteiger partial charge in [-0.2, -0.15) is 5.10 Å². The van der Waals surface area contributed by atoms with E-state index in [9.17, 15) is 9.59 Å². The number of nitrogens with one attached hydrogen (secondary N) is 1. The maximum absolute atomic E-state index is 10.6. The molecule has 5 heteroatoms. The average Bonchev–Trinajstić information content (AvgIpc) is 1.88. The van der Waals surface area contributed by atoms with Crippen LogP contribution in [0.5, 0.6) is 0 Å². The molecule has 0 saturated heterocycles. The number of hydrogen-bond acceptors (Lipinski definition) is 3. The van der Waals surface area contributed by atoms with E-state index in [4.69, 9.17) is 5.73 Å². The number of H-pyrrole nitrogens is 1. The summed E-state index contributed by atoms with van der Waals surface area (Å²) in [6.07, 6.45) is 1.29. The molecule has 0 atom stereocenters. The van der Waals surface area contributed by atoms with E-state index in [-0.39, 0.29) is 5.56 Å². The number of nitrogens with zero attached hydrogens (tertiary/aromatic N) is 1. The number of rotatable bonds is 1. The zero-order chi connectivity index (χ0) is 7.56. The van der Waals surface area contributed by atoms with Crippen LogP contribution in [0.15, 0.2) is 17.1 Å². The molecule has 0 radical (unpaired) electrons. The average molecular weight is 139 g/mol. The van der Waals surface area contributed by atoms with Gasteiger partial charge in [0, 0.05) is 6.20 Å². The second-order valence-corrected chi connectivity index (χ2v) is 1.66. The summed E-state index contributed by atoms with van der Waals surface area (Å²) < 4.78 is 0. The summed E-state index contributed by atoms with van der Waals surface area (Å²) in [6.45, 7) is 0. The van der Waals surface area contributed by atoms with Crippen molar-refractivity contribution in [2.45, 2.75) is 0 Å². The van der Waals surface area contributed by atoms with E-state index in [1.54, 1.807) is 0 Å². The Morgan fingerprint density at radius 2 is 2.40 bits per heavy atom. The molecular formula is C5H5N3O2. The van der Waals surface area contributed by atoms with Crippen LogP contribution in [0, 0.1) is 0 Å². The molecule has 5 nitrogen and oxygen atoms in total. The fourth-order valence-corrected chi connectivity index (χ4v) is 0.538. The predicted molar refractivity (Wildman–Crippen MR) is 33.4 cm³/mol. The second kappa shape index (κ2) is 2.30. The van der Waals surface area contributed by atoms with Gasteiger partial charge < -0.3 is 5.73 Å². The molecule has 10 heavy (non-hydrogen) atoms. The Morgan fingerprint density at radius 3 is 2.80 bits per heavy atom. The van der Waals surface area contributed by atoms with Crippen LogP contribution >= 0.6 is 0 Å². The zero-order valence-corrected chi connectivity index (χ0v) is 5.00. The van der Waals surface area contributed by atoms with Gasteiger partial charge in [-0.1, -0.05) is 0 Å². The van der Waals surface area contributed by atoms with Crippen molar-refractivity contribution in [2.75, 3.05) is 0 Å². The molecule has 0 unspecified atom stereocenters. The number of carbonyl (C=O) groups is 1. The second-order valence-electron chi connectivity index (χ2n) is 1.66. The SMILES string of the molecule is NC(=O)c1ccn[nH]c1=O. The lowest BCUT2D eigenvalue weighted by molar-refractivity contribution is 0.0998. The summed E-state index contributed by atoms with van der Waals surface area (Å²) in [5.74, 6) is -0.747. The maximum Gasteiger partial charge on any atom is 0.277 e. The van der Waals surface area contributed by atoms with Gasteiger partial charge in [0.05, 0.1) is 0 Å². The zero-order valence-electron chi connectivity index (χ0n) is 5.00. The summed E-state index contributed by atoms with van der Waals surface area (Å²) in [6, 6.07) is 1.27. The van der Waals surface area contributed by atoms with Crippen LogP contribution in [-0.2, 0) is 0 Å². The molecule has 0 aliphatic rings. The Morgan fingerprint density at radius 1 is 1.70 bits per heavy atom. The number of nitrogens with two attached hydrogens (primary N) is 1. The van der Waals surface area contributed by atoms with Gasteiger partial charge in [0.15, 0.2) is 0 Å². The molecule has 0 spiro atoms. The normalized spacial score (nSPS) is 9.20. The topological polar surface area (TPSA) is 88.8 Å². The minimum absolute atomic E-state index is 0.0741. The van der Waals surface area contributed by atoms with Crippen LogP contribution < -0.4 is 11.3 Å². The summed E-state index contributed by atoms with van der Waals surface area (Å²) in [5, 5.41) is 5.46. The van der Waals surface area contributed by atoms with Gasteiger partial charge in [-0.3, -0.25) is 9.59 Å². The van der Waals surface area contributed by atoms with Crippen molar-refractivity contribution < 1.29 is 4.79 Å². The van der Waals surface area contributed by atoms with Gasteiger partial charge in [0.2, 0.25) is 0 Å². The largest absolute Gasteiger partial charge is 0.365 e. The van der Waals surface area contributed by atoms with E-state index in [0.29, 0.717) is 0 Å². The lowest BCUT2D eigenvalue weighted by Gasteiger charge is -1.88. The Hall–Kier alpha value is -1.65. The van der Waals surface area contributed by atoms with E-state index >= 15 is 0 Å². The number of amides is 1. The first-order chi connectivity index (χ1) is 4.72. The van der Waals surface area contributed by atoms with Crippen molar-refractivity contribution in [3.05, 3.63) is 28.2 Å². The molecule has 3 N–H and O–H groups in total. The minimum Gasteiger partial charge on any atom is -0.365 e. The number of aromatic nitrogens is 2. The van der Waals surface area contributed by atoms with Gasteiger partial charge >= 0.3 is 0 Å². The van der Waals surface area contributed by atoms with Crippen LogP contribution in [0.2, 0.25) is 0 Å². The molecule has 1 aromatic heterocycles. The highest BCUT2D eigenvalue weighted by molar-refractivity contribution is 5.92. The smallest absolute Gasteiger partial charge is 0.277 e.